The Morgan fingerprint density at radius 1 is 1.40 bits per heavy atom. The van der Waals surface area contributed by atoms with Crippen molar-refractivity contribution < 1.29 is 21.8 Å². The first kappa shape index (κ1) is 16.8. The lowest BCUT2D eigenvalue weighted by atomic mass is 10.5. The fourth-order valence-electron chi connectivity index (χ4n) is 1.19. The lowest BCUT2D eigenvalue weighted by Gasteiger charge is -2.04. The van der Waals surface area contributed by atoms with Crippen molar-refractivity contribution in [2.45, 2.75) is 11.1 Å². The number of hydrogen-bond donors (Lipinski definition) is 2. The average Bonchev–Trinajstić information content (AvgIpc) is 2.71. The molecule has 0 amide bonds. The number of rotatable bonds is 7. The van der Waals surface area contributed by atoms with Gasteiger partial charge in [-0.2, -0.15) is 0 Å². The molecule has 0 saturated carbocycles. The van der Waals surface area contributed by atoms with Gasteiger partial charge in [-0.05, 0) is 0 Å². The van der Waals surface area contributed by atoms with E-state index in [1.54, 1.807) is 0 Å². The van der Waals surface area contributed by atoms with E-state index in [0.29, 0.717) is 11.3 Å². The summed E-state index contributed by atoms with van der Waals surface area (Å²) in [5.74, 6) is -0.433. The summed E-state index contributed by atoms with van der Waals surface area (Å²) in [6.45, 7) is 1.15. The van der Waals surface area contributed by atoms with E-state index < -0.39 is 30.5 Å². The van der Waals surface area contributed by atoms with E-state index in [-0.39, 0.29) is 27.3 Å². The first-order valence-electron chi connectivity index (χ1n) is 5.33. The molecule has 0 aliphatic heterocycles. The van der Waals surface area contributed by atoms with Crippen molar-refractivity contribution >= 4 is 41.9 Å². The highest BCUT2D eigenvalue weighted by Crippen LogP contribution is 2.34. The second-order valence-corrected chi connectivity index (χ2v) is 9.26. The first-order chi connectivity index (χ1) is 9.09. The molecule has 0 saturated heterocycles. The average molecular weight is 343 g/mol. The molecule has 0 unspecified atom stereocenters. The maximum atomic E-state index is 11.8. The summed E-state index contributed by atoms with van der Waals surface area (Å²) in [4.78, 5) is 9.80. The molecule has 3 N–H and O–H groups in total. The Morgan fingerprint density at radius 2 is 2.00 bits per heavy atom. The highest BCUT2D eigenvalue weighted by Gasteiger charge is 2.24. The van der Waals surface area contributed by atoms with Crippen LogP contribution in [0.1, 0.15) is 6.92 Å². The molecule has 114 valence electrons. The smallest absolute Gasteiger partial charge is 0.304 e. The van der Waals surface area contributed by atoms with Gasteiger partial charge in [-0.15, -0.1) is 0 Å². The van der Waals surface area contributed by atoms with Crippen LogP contribution >= 0.6 is 11.3 Å². The zero-order valence-corrected chi connectivity index (χ0v) is 12.8. The van der Waals surface area contributed by atoms with Crippen molar-refractivity contribution in [3.05, 3.63) is 16.2 Å². The minimum atomic E-state index is -4.01. The van der Waals surface area contributed by atoms with Crippen molar-refractivity contribution in [3.8, 4) is 0 Å². The molecule has 0 aromatic carbocycles. The Balaban J connectivity index is 2.85. The van der Waals surface area contributed by atoms with Crippen LogP contribution in [-0.2, 0) is 19.9 Å². The topological polar surface area (TPSA) is 149 Å². The number of nitro groups is 1. The Bertz CT molecular complexity index is 706. The second-order valence-electron chi connectivity index (χ2n) is 3.71. The highest BCUT2D eigenvalue weighted by molar-refractivity contribution is 7.92. The number of hydrogen-bond acceptors (Lipinski definition) is 8. The number of nitrogens with zero attached hydrogens (tertiary/aromatic N) is 1. The summed E-state index contributed by atoms with van der Waals surface area (Å²) < 4.78 is 47.8. The van der Waals surface area contributed by atoms with Crippen LogP contribution in [0.15, 0.2) is 10.3 Å². The lowest BCUT2D eigenvalue weighted by molar-refractivity contribution is -0.383. The molecule has 9 nitrogen and oxygen atoms in total. The van der Waals surface area contributed by atoms with E-state index in [0.717, 1.165) is 6.07 Å². The SMILES string of the molecule is CCS(=O)(=O)CCNS(=O)(=O)c1cc([N+](=O)[O-])c(N)s1. The van der Waals surface area contributed by atoms with Crippen LogP contribution in [0, 0.1) is 10.1 Å². The summed E-state index contributed by atoms with van der Waals surface area (Å²) in [6, 6.07) is 0.844. The van der Waals surface area contributed by atoms with Crippen LogP contribution in [-0.4, -0.2) is 39.8 Å². The van der Waals surface area contributed by atoms with Crippen LogP contribution in [0.2, 0.25) is 0 Å². The molecule has 1 rings (SSSR count). The van der Waals surface area contributed by atoms with Gasteiger partial charge in [0.2, 0.25) is 10.0 Å². The predicted octanol–water partition coefficient (Wildman–Crippen LogP) is -0.0485. The van der Waals surface area contributed by atoms with Gasteiger partial charge in [0.25, 0.3) is 0 Å². The van der Waals surface area contributed by atoms with Crippen molar-refractivity contribution in [3.63, 3.8) is 0 Å². The monoisotopic (exact) mass is 343 g/mol. The van der Waals surface area contributed by atoms with Gasteiger partial charge >= 0.3 is 5.69 Å². The van der Waals surface area contributed by atoms with Crippen LogP contribution in [0.25, 0.3) is 0 Å². The van der Waals surface area contributed by atoms with Crippen LogP contribution in [0.5, 0.6) is 0 Å². The van der Waals surface area contributed by atoms with E-state index in [1.165, 1.54) is 6.92 Å². The van der Waals surface area contributed by atoms with Crippen molar-refractivity contribution in [2.24, 2.45) is 0 Å². The van der Waals surface area contributed by atoms with E-state index in [9.17, 15) is 26.9 Å². The maximum Gasteiger partial charge on any atom is 0.304 e. The Labute approximate surface area is 119 Å². The van der Waals surface area contributed by atoms with Gasteiger partial charge in [0.05, 0.1) is 10.7 Å². The summed E-state index contributed by atoms with van der Waals surface area (Å²) >= 11 is 0.550. The summed E-state index contributed by atoms with van der Waals surface area (Å²) in [5, 5.41) is 10.4. The fraction of sp³-hybridized carbons (Fsp3) is 0.500. The van der Waals surface area contributed by atoms with Crippen LogP contribution in [0.3, 0.4) is 0 Å². The minimum Gasteiger partial charge on any atom is -0.385 e. The summed E-state index contributed by atoms with van der Waals surface area (Å²) in [5.41, 5.74) is 4.86. The number of sulfone groups is 1. The van der Waals surface area contributed by atoms with Gasteiger partial charge < -0.3 is 5.73 Å². The second kappa shape index (κ2) is 6.03. The number of anilines is 1. The molecule has 1 heterocycles. The Kier molecular flexibility index (Phi) is 5.07. The molecular weight excluding hydrogens is 330 g/mol. The third kappa shape index (κ3) is 4.13. The maximum absolute atomic E-state index is 11.8. The number of thiophene rings is 1. The minimum absolute atomic E-state index is 0.0911. The molecule has 0 atom stereocenters. The number of nitrogen functional groups attached to an aromatic ring is 1. The van der Waals surface area contributed by atoms with Gasteiger partial charge in [-0.1, -0.05) is 18.3 Å². The van der Waals surface area contributed by atoms with Crippen molar-refractivity contribution in [1.82, 2.24) is 4.72 Å². The Hall–Kier alpha value is -1.24. The molecule has 0 aliphatic carbocycles. The van der Waals surface area contributed by atoms with Crippen LogP contribution < -0.4 is 10.5 Å². The standard InChI is InChI=1S/C8H13N3O6S3/c1-2-19(14,15)4-3-10-20(16,17)7-5-6(11(12)13)8(9)18-7/h5,10H,2-4,9H2,1H3. The Morgan fingerprint density at radius 3 is 2.45 bits per heavy atom. The number of nitrogens with two attached hydrogens (primary N) is 1. The molecule has 20 heavy (non-hydrogen) atoms. The summed E-state index contributed by atoms with van der Waals surface area (Å²) in [7, 11) is -7.30. The van der Waals surface area contributed by atoms with Crippen LogP contribution in [0.4, 0.5) is 10.7 Å². The third-order valence-corrected chi connectivity index (χ3v) is 6.92. The molecule has 0 spiro atoms. The van der Waals surface area contributed by atoms with E-state index in [1.807, 2.05) is 0 Å². The molecule has 1 aromatic heterocycles. The summed E-state index contributed by atoms with van der Waals surface area (Å²) in [6.07, 6.45) is 0. The largest absolute Gasteiger partial charge is 0.385 e. The van der Waals surface area contributed by atoms with Crippen molar-refractivity contribution in [2.75, 3.05) is 23.8 Å². The zero-order valence-electron chi connectivity index (χ0n) is 10.4. The highest BCUT2D eigenvalue weighted by atomic mass is 32.2. The van der Waals surface area contributed by atoms with Crippen molar-refractivity contribution in [1.29, 1.82) is 0 Å². The van der Waals surface area contributed by atoms with E-state index in [2.05, 4.69) is 4.72 Å². The van der Waals surface area contributed by atoms with E-state index >= 15 is 0 Å². The molecule has 0 bridgehead atoms. The predicted molar refractivity (Wildman–Crippen MR) is 74.9 cm³/mol. The number of sulfonamides is 1. The molecular formula is C8H13N3O6S3. The third-order valence-electron chi connectivity index (χ3n) is 2.32. The fourth-order valence-corrected chi connectivity index (χ4v) is 4.32. The van der Waals surface area contributed by atoms with Gasteiger partial charge in [-0.3, -0.25) is 10.1 Å². The van der Waals surface area contributed by atoms with Gasteiger partial charge in [0.15, 0.2) is 14.8 Å². The number of nitrogens with one attached hydrogen (secondary N) is 1. The molecule has 0 aliphatic rings. The van der Waals surface area contributed by atoms with E-state index in [4.69, 9.17) is 5.73 Å². The lowest BCUT2D eigenvalue weighted by Crippen LogP contribution is -2.29. The van der Waals surface area contributed by atoms with Gasteiger partial charge in [-0.25, -0.2) is 21.6 Å². The molecule has 0 fully saturated rings. The quantitative estimate of drug-likeness (QED) is 0.520. The molecule has 1 aromatic rings. The molecule has 12 heteroatoms. The zero-order chi connectivity index (χ0) is 15.6. The van der Waals surface area contributed by atoms with Gasteiger partial charge in [0.1, 0.15) is 4.21 Å². The normalized spacial score (nSPS) is 12.4. The van der Waals surface area contributed by atoms with Gasteiger partial charge in [0, 0.05) is 18.4 Å². The first-order valence-corrected chi connectivity index (χ1v) is 9.45. The molecule has 0 radical (unpaired) electrons.